The van der Waals surface area contributed by atoms with Crippen LogP contribution in [-0.2, 0) is 23.5 Å². The lowest BCUT2D eigenvalue weighted by Crippen LogP contribution is -2.22. The van der Waals surface area contributed by atoms with E-state index in [4.69, 9.17) is 4.52 Å². The van der Waals surface area contributed by atoms with E-state index in [2.05, 4.69) is 17.4 Å². The lowest BCUT2D eigenvalue weighted by Gasteiger charge is -2.03. The van der Waals surface area contributed by atoms with Crippen LogP contribution in [-0.4, -0.2) is 16.8 Å². The van der Waals surface area contributed by atoms with Crippen molar-refractivity contribution in [2.75, 3.05) is 5.75 Å². The molecule has 0 bridgehead atoms. The van der Waals surface area contributed by atoms with Crippen molar-refractivity contribution >= 4 is 17.7 Å². The number of aryl methyl sites for hydroxylation is 1. The summed E-state index contributed by atoms with van der Waals surface area (Å²) in [7, 11) is 0. The predicted molar refractivity (Wildman–Crippen MR) is 89.5 cm³/mol. The molecule has 6 heteroatoms. The molecule has 0 atom stereocenters. The number of nitrogens with zero attached hydrogens (tertiary/aromatic N) is 1. The average molecular weight is 336 g/mol. The number of aromatic nitrogens is 1. The minimum absolute atomic E-state index is 0.00922. The third-order valence-corrected chi connectivity index (χ3v) is 4.26. The van der Waals surface area contributed by atoms with E-state index < -0.39 is 0 Å². The Labute approximate surface area is 139 Å². The second kappa shape index (κ2) is 9.35. The first-order valence-electron chi connectivity index (χ1n) is 7.70. The SMILES string of the molecule is CCCc1cc(CNC(=O)CCSCc2ccc(F)cc2)on1. The summed E-state index contributed by atoms with van der Waals surface area (Å²) in [6, 6.07) is 8.31. The molecule has 0 aliphatic rings. The summed E-state index contributed by atoms with van der Waals surface area (Å²) in [6.45, 7) is 2.46. The molecule has 0 spiro atoms. The number of rotatable bonds is 9. The van der Waals surface area contributed by atoms with Gasteiger partial charge in [0.15, 0.2) is 5.76 Å². The van der Waals surface area contributed by atoms with Gasteiger partial charge in [0.1, 0.15) is 5.82 Å². The lowest BCUT2D eigenvalue weighted by molar-refractivity contribution is -0.120. The van der Waals surface area contributed by atoms with Crippen LogP contribution >= 0.6 is 11.8 Å². The Morgan fingerprint density at radius 2 is 2.13 bits per heavy atom. The Balaban J connectivity index is 1.60. The van der Waals surface area contributed by atoms with Crippen LogP contribution in [0.15, 0.2) is 34.9 Å². The van der Waals surface area contributed by atoms with Crippen LogP contribution in [0.25, 0.3) is 0 Å². The summed E-state index contributed by atoms with van der Waals surface area (Å²) in [6.07, 6.45) is 2.35. The van der Waals surface area contributed by atoms with Gasteiger partial charge in [0.05, 0.1) is 12.2 Å². The largest absolute Gasteiger partial charge is 0.359 e. The maximum Gasteiger partial charge on any atom is 0.221 e. The summed E-state index contributed by atoms with van der Waals surface area (Å²) in [5.74, 6) is 1.94. The van der Waals surface area contributed by atoms with Gasteiger partial charge in [-0.2, -0.15) is 11.8 Å². The molecule has 124 valence electrons. The van der Waals surface area contributed by atoms with E-state index in [1.54, 1.807) is 23.9 Å². The molecule has 1 heterocycles. The normalized spacial score (nSPS) is 10.7. The standard InChI is InChI=1S/C17H21FN2O2S/c1-2-3-15-10-16(22-20-15)11-19-17(21)8-9-23-12-13-4-6-14(18)7-5-13/h4-7,10H,2-3,8-9,11-12H2,1H3,(H,19,21). The van der Waals surface area contributed by atoms with Crippen molar-refractivity contribution in [2.45, 2.75) is 38.5 Å². The highest BCUT2D eigenvalue weighted by atomic mass is 32.2. The molecule has 1 N–H and O–H groups in total. The number of carbonyl (C=O) groups is 1. The molecule has 1 amide bonds. The Hall–Kier alpha value is -1.82. The van der Waals surface area contributed by atoms with Crippen molar-refractivity contribution in [1.82, 2.24) is 10.5 Å². The molecule has 1 aromatic carbocycles. The van der Waals surface area contributed by atoms with Crippen LogP contribution in [0.5, 0.6) is 0 Å². The zero-order valence-electron chi connectivity index (χ0n) is 13.2. The number of amides is 1. The van der Waals surface area contributed by atoms with Gasteiger partial charge in [-0.1, -0.05) is 30.6 Å². The third-order valence-electron chi connectivity index (χ3n) is 3.23. The number of halogens is 1. The van der Waals surface area contributed by atoms with Crippen LogP contribution in [0, 0.1) is 5.82 Å². The van der Waals surface area contributed by atoms with E-state index in [1.807, 2.05) is 6.07 Å². The fraction of sp³-hybridized carbons (Fsp3) is 0.412. The van der Waals surface area contributed by atoms with Gasteiger partial charge in [0.25, 0.3) is 0 Å². The summed E-state index contributed by atoms with van der Waals surface area (Å²) in [5.41, 5.74) is 1.98. The minimum Gasteiger partial charge on any atom is -0.359 e. The Morgan fingerprint density at radius 1 is 1.35 bits per heavy atom. The quantitative estimate of drug-likeness (QED) is 0.709. The van der Waals surface area contributed by atoms with Crippen LogP contribution < -0.4 is 5.32 Å². The minimum atomic E-state index is -0.229. The van der Waals surface area contributed by atoms with Crippen molar-refractivity contribution in [2.24, 2.45) is 0 Å². The zero-order valence-corrected chi connectivity index (χ0v) is 14.0. The van der Waals surface area contributed by atoms with E-state index in [0.717, 1.165) is 35.6 Å². The van der Waals surface area contributed by atoms with Crippen molar-refractivity contribution in [3.05, 3.63) is 53.2 Å². The van der Waals surface area contributed by atoms with Gasteiger partial charge in [0, 0.05) is 24.0 Å². The van der Waals surface area contributed by atoms with Gasteiger partial charge >= 0.3 is 0 Å². The first-order chi connectivity index (χ1) is 11.2. The van der Waals surface area contributed by atoms with E-state index in [9.17, 15) is 9.18 Å². The molecule has 0 aliphatic carbocycles. The summed E-state index contributed by atoms with van der Waals surface area (Å²) in [4.78, 5) is 11.8. The number of hydrogen-bond donors (Lipinski definition) is 1. The fourth-order valence-corrected chi connectivity index (χ4v) is 2.92. The van der Waals surface area contributed by atoms with Gasteiger partial charge in [-0.25, -0.2) is 4.39 Å². The van der Waals surface area contributed by atoms with Gasteiger partial charge in [-0.05, 0) is 24.1 Å². The molecular formula is C17H21FN2O2S. The molecule has 0 radical (unpaired) electrons. The van der Waals surface area contributed by atoms with E-state index >= 15 is 0 Å². The Kier molecular flexibility index (Phi) is 7.13. The molecule has 0 saturated carbocycles. The third kappa shape index (κ3) is 6.44. The van der Waals surface area contributed by atoms with Crippen molar-refractivity contribution < 1.29 is 13.7 Å². The van der Waals surface area contributed by atoms with Crippen molar-refractivity contribution in [3.63, 3.8) is 0 Å². The first-order valence-corrected chi connectivity index (χ1v) is 8.86. The van der Waals surface area contributed by atoms with Crippen LogP contribution in [0.2, 0.25) is 0 Å². The molecule has 0 unspecified atom stereocenters. The van der Waals surface area contributed by atoms with Gasteiger partial charge in [0.2, 0.25) is 5.91 Å². The summed E-state index contributed by atoms with van der Waals surface area (Å²) < 4.78 is 17.9. The van der Waals surface area contributed by atoms with E-state index in [-0.39, 0.29) is 11.7 Å². The van der Waals surface area contributed by atoms with Crippen molar-refractivity contribution in [3.8, 4) is 0 Å². The highest BCUT2D eigenvalue weighted by molar-refractivity contribution is 7.98. The number of thioether (sulfide) groups is 1. The molecule has 23 heavy (non-hydrogen) atoms. The molecular weight excluding hydrogens is 315 g/mol. The zero-order chi connectivity index (χ0) is 16.5. The second-order valence-corrected chi connectivity index (χ2v) is 6.35. The van der Waals surface area contributed by atoms with Gasteiger partial charge in [-0.3, -0.25) is 4.79 Å². The monoisotopic (exact) mass is 336 g/mol. The molecule has 0 aliphatic heterocycles. The number of carbonyl (C=O) groups excluding carboxylic acids is 1. The molecule has 0 fully saturated rings. The maximum atomic E-state index is 12.8. The maximum absolute atomic E-state index is 12.8. The topological polar surface area (TPSA) is 55.1 Å². The molecule has 0 saturated heterocycles. The number of nitrogens with one attached hydrogen (secondary N) is 1. The average Bonchev–Trinajstić information content (AvgIpc) is 2.99. The first kappa shape index (κ1) is 17.5. The summed E-state index contributed by atoms with van der Waals surface area (Å²) in [5, 5.41) is 6.77. The highest BCUT2D eigenvalue weighted by Gasteiger charge is 2.06. The molecule has 2 aromatic rings. The van der Waals surface area contributed by atoms with Gasteiger partial charge < -0.3 is 9.84 Å². The summed E-state index contributed by atoms with van der Waals surface area (Å²) >= 11 is 1.65. The van der Waals surface area contributed by atoms with Crippen LogP contribution in [0.3, 0.4) is 0 Å². The highest BCUT2D eigenvalue weighted by Crippen LogP contribution is 2.13. The Morgan fingerprint density at radius 3 is 2.87 bits per heavy atom. The molecule has 1 aromatic heterocycles. The second-order valence-electron chi connectivity index (χ2n) is 5.24. The molecule has 4 nitrogen and oxygen atoms in total. The van der Waals surface area contributed by atoms with Crippen LogP contribution in [0.4, 0.5) is 4.39 Å². The molecule has 2 rings (SSSR count). The predicted octanol–water partition coefficient (Wildman–Crippen LogP) is 3.71. The van der Waals surface area contributed by atoms with E-state index in [1.165, 1.54) is 12.1 Å². The smallest absolute Gasteiger partial charge is 0.221 e. The van der Waals surface area contributed by atoms with E-state index in [0.29, 0.717) is 18.7 Å². The Bertz CT molecular complexity index is 613. The van der Waals surface area contributed by atoms with Crippen molar-refractivity contribution in [1.29, 1.82) is 0 Å². The fourth-order valence-electron chi connectivity index (χ4n) is 2.02. The lowest BCUT2D eigenvalue weighted by atomic mass is 10.2. The number of benzene rings is 1. The van der Waals surface area contributed by atoms with Gasteiger partial charge in [-0.15, -0.1) is 0 Å². The number of hydrogen-bond acceptors (Lipinski definition) is 4. The van der Waals surface area contributed by atoms with Crippen LogP contribution in [0.1, 0.15) is 36.8 Å².